The molecule has 2 aromatic rings. The first kappa shape index (κ1) is 15.0. The second-order valence-electron chi connectivity index (χ2n) is 4.13. The summed E-state index contributed by atoms with van der Waals surface area (Å²) in [5.74, 6) is -0.188. The molecule has 0 unspecified atom stereocenters. The van der Waals surface area contributed by atoms with Gasteiger partial charge in [0, 0.05) is 16.5 Å². The van der Waals surface area contributed by atoms with Crippen LogP contribution in [0.25, 0.3) is 0 Å². The lowest BCUT2D eigenvalue weighted by Crippen LogP contribution is -2.22. The van der Waals surface area contributed by atoms with E-state index in [9.17, 15) is 14.9 Å². The van der Waals surface area contributed by atoms with Gasteiger partial charge in [0.2, 0.25) is 0 Å². The number of rotatable bonds is 6. The van der Waals surface area contributed by atoms with E-state index in [4.69, 9.17) is 4.74 Å². The van der Waals surface area contributed by atoms with E-state index < -0.39 is 4.92 Å². The summed E-state index contributed by atoms with van der Waals surface area (Å²) < 4.78 is 5.18. The first-order chi connectivity index (χ1) is 10.1. The van der Waals surface area contributed by atoms with Gasteiger partial charge in [-0.25, -0.2) is 0 Å². The van der Waals surface area contributed by atoms with E-state index in [-0.39, 0.29) is 22.9 Å². The van der Waals surface area contributed by atoms with Crippen molar-refractivity contribution in [1.29, 1.82) is 0 Å². The average molecular weight is 306 g/mol. The highest BCUT2D eigenvalue weighted by Crippen LogP contribution is 2.28. The van der Waals surface area contributed by atoms with E-state index in [1.165, 1.54) is 29.5 Å². The van der Waals surface area contributed by atoms with Gasteiger partial charge in [0.1, 0.15) is 0 Å². The maximum Gasteiger partial charge on any atom is 0.311 e. The zero-order valence-corrected chi connectivity index (χ0v) is 12.2. The summed E-state index contributed by atoms with van der Waals surface area (Å²) in [4.78, 5) is 23.5. The summed E-state index contributed by atoms with van der Waals surface area (Å²) in [6.45, 7) is 2.47. The first-order valence-electron chi connectivity index (χ1n) is 6.33. The van der Waals surface area contributed by atoms with Crippen LogP contribution in [0.1, 0.15) is 22.2 Å². The standard InChI is InChI=1S/C14H14N2O4S/c1-2-20-13-6-5-10(8-12(13)16(18)19)14(17)15-9-11-4-3-7-21-11/h3-8H,2,9H2,1H3,(H,15,17). The molecule has 0 aliphatic heterocycles. The Morgan fingerprint density at radius 3 is 2.86 bits per heavy atom. The highest BCUT2D eigenvalue weighted by atomic mass is 32.1. The molecule has 0 saturated heterocycles. The number of nitro groups is 1. The number of hydrogen-bond acceptors (Lipinski definition) is 5. The Kier molecular flexibility index (Phi) is 4.89. The summed E-state index contributed by atoms with van der Waals surface area (Å²) in [5.41, 5.74) is 0.0299. The molecule has 0 aliphatic carbocycles. The molecule has 1 amide bonds. The lowest BCUT2D eigenvalue weighted by molar-refractivity contribution is -0.385. The molecule has 0 saturated carbocycles. The normalized spacial score (nSPS) is 10.1. The predicted molar refractivity (Wildman–Crippen MR) is 79.8 cm³/mol. The third-order valence-corrected chi connectivity index (χ3v) is 3.60. The molecule has 0 bridgehead atoms. The number of thiophene rings is 1. The van der Waals surface area contributed by atoms with E-state index in [2.05, 4.69) is 5.32 Å². The van der Waals surface area contributed by atoms with E-state index in [0.717, 1.165) is 4.88 Å². The van der Waals surface area contributed by atoms with Crippen LogP contribution in [0.3, 0.4) is 0 Å². The lowest BCUT2D eigenvalue weighted by Gasteiger charge is -2.07. The minimum atomic E-state index is -0.555. The van der Waals surface area contributed by atoms with Crippen LogP contribution in [0.15, 0.2) is 35.7 Å². The molecule has 7 heteroatoms. The summed E-state index contributed by atoms with van der Waals surface area (Å²) >= 11 is 1.53. The van der Waals surface area contributed by atoms with Crippen LogP contribution in [0.4, 0.5) is 5.69 Å². The van der Waals surface area contributed by atoms with Crippen molar-refractivity contribution in [3.05, 3.63) is 56.3 Å². The fraction of sp³-hybridized carbons (Fsp3) is 0.214. The SMILES string of the molecule is CCOc1ccc(C(=O)NCc2cccs2)cc1[N+](=O)[O-]. The van der Waals surface area contributed by atoms with Gasteiger partial charge in [0.05, 0.1) is 18.1 Å². The van der Waals surface area contributed by atoms with E-state index in [0.29, 0.717) is 13.2 Å². The van der Waals surface area contributed by atoms with Gasteiger partial charge in [-0.3, -0.25) is 14.9 Å². The molecule has 21 heavy (non-hydrogen) atoms. The molecule has 2 rings (SSSR count). The second-order valence-corrected chi connectivity index (χ2v) is 5.17. The van der Waals surface area contributed by atoms with Gasteiger partial charge in [0.25, 0.3) is 5.91 Å². The third-order valence-electron chi connectivity index (χ3n) is 2.72. The molecule has 1 aromatic carbocycles. The van der Waals surface area contributed by atoms with Crippen molar-refractivity contribution in [3.63, 3.8) is 0 Å². The predicted octanol–water partition coefficient (Wildman–Crippen LogP) is 2.99. The quantitative estimate of drug-likeness (QED) is 0.657. The number of benzene rings is 1. The minimum absolute atomic E-state index is 0.164. The molecular formula is C14H14N2O4S. The number of nitrogens with one attached hydrogen (secondary N) is 1. The fourth-order valence-corrected chi connectivity index (χ4v) is 2.41. The molecule has 0 atom stereocenters. The number of ether oxygens (including phenoxy) is 1. The molecule has 1 heterocycles. The van der Waals surface area contributed by atoms with Crippen molar-refractivity contribution in [3.8, 4) is 5.75 Å². The monoisotopic (exact) mass is 306 g/mol. The molecule has 110 valence electrons. The number of nitro benzene ring substituents is 1. The highest BCUT2D eigenvalue weighted by Gasteiger charge is 2.18. The lowest BCUT2D eigenvalue weighted by atomic mass is 10.1. The first-order valence-corrected chi connectivity index (χ1v) is 7.21. The van der Waals surface area contributed by atoms with Crippen LogP contribution in [-0.4, -0.2) is 17.4 Å². The van der Waals surface area contributed by atoms with Crippen LogP contribution in [0.2, 0.25) is 0 Å². The Morgan fingerprint density at radius 1 is 1.43 bits per heavy atom. The number of amides is 1. The number of carbonyl (C=O) groups is 1. The fourth-order valence-electron chi connectivity index (χ4n) is 1.76. The van der Waals surface area contributed by atoms with Crippen LogP contribution in [0.5, 0.6) is 5.75 Å². The van der Waals surface area contributed by atoms with Crippen LogP contribution in [-0.2, 0) is 6.54 Å². The van der Waals surface area contributed by atoms with Gasteiger partial charge in [-0.05, 0) is 30.5 Å². The summed E-state index contributed by atoms with van der Waals surface area (Å²) in [5, 5.41) is 15.7. The van der Waals surface area contributed by atoms with Crippen molar-refractivity contribution in [1.82, 2.24) is 5.32 Å². The molecule has 0 aliphatic rings. The maximum atomic E-state index is 12.0. The molecule has 1 N–H and O–H groups in total. The largest absolute Gasteiger partial charge is 0.487 e. The minimum Gasteiger partial charge on any atom is -0.487 e. The van der Waals surface area contributed by atoms with Gasteiger partial charge in [-0.1, -0.05) is 6.07 Å². The Labute approximate surface area is 125 Å². The molecule has 0 fully saturated rings. The van der Waals surface area contributed by atoms with Gasteiger partial charge in [-0.15, -0.1) is 11.3 Å². The van der Waals surface area contributed by atoms with Crippen LogP contribution < -0.4 is 10.1 Å². The second kappa shape index (κ2) is 6.85. The topological polar surface area (TPSA) is 81.5 Å². The van der Waals surface area contributed by atoms with Gasteiger partial charge in [-0.2, -0.15) is 0 Å². The van der Waals surface area contributed by atoms with Gasteiger partial charge < -0.3 is 10.1 Å². The van der Waals surface area contributed by atoms with Crippen molar-refractivity contribution in [2.45, 2.75) is 13.5 Å². The Morgan fingerprint density at radius 2 is 2.24 bits per heavy atom. The number of nitrogens with zero attached hydrogens (tertiary/aromatic N) is 1. The highest BCUT2D eigenvalue weighted by molar-refractivity contribution is 7.09. The zero-order valence-electron chi connectivity index (χ0n) is 11.4. The Bertz CT molecular complexity index is 640. The van der Waals surface area contributed by atoms with Crippen molar-refractivity contribution >= 4 is 22.9 Å². The zero-order chi connectivity index (χ0) is 15.2. The maximum absolute atomic E-state index is 12.0. The molecule has 0 radical (unpaired) electrons. The number of hydrogen-bond donors (Lipinski definition) is 1. The molecule has 1 aromatic heterocycles. The molecule has 6 nitrogen and oxygen atoms in total. The summed E-state index contributed by atoms with van der Waals surface area (Å²) in [6.07, 6.45) is 0. The van der Waals surface area contributed by atoms with Gasteiger partial charge >= 0.3 is 5.69 Å². The summed E-state index contributed by atoms with van der Waals surface area (Å²) in [6, 6.07) is 8.00. The van der Waals surface area contributed by atoms with Crippen molar-refractivity contribution < 1.29 is 14.5 Å². The van der Waals surface area contributed by atoms with Gasteiger partial charge in [0.15, 0.2) is 5.75 Å². The molecular weight excluding hydrogens is 292 g/mol. The average Bonchev–Trinajstić information content (AvgIpc) is 2.98. The van der Waals surface area contributed by atoms with Crippen molar-refractivity contribution in [2.75, 3.05) is 6.61 Å². The smallest absolute Gasteiger partial charge is 0.311 e. The van der Waals surface area contributed by atoms with E-state index in [1.807, 2.05) is 17.5 Å². The van der Waals surface area contributed by atoms with E-state index >= 15 is 0 Å². The molecule has 0 spiro atoms. The Balaban J connectivity index is 2.13. The van der Waals surface area contributed by atoms with E-state index in [1.54, 1.807) is 6.92 Å². The van der Waals surface area contributed by atoms with Crippen molar-refractivity contribution in [2.24, 2.45) is 0 Å². The van der Waals surface area contributed by atoms with Crippen LogP contribution in [0, 0.1) is 10.1 Å². The summed E-state index contributed by atoms with van der Waals surface area (Å²) in [7, 11) is 0. The van der Waals surface area contributed by atoms with Crippen LogP contribution >= 0.6 is 11.3 Å². The Hall–Kier alpha value is -2.41. The third kappa shape index (κ3) is 3.79. The number of carbonyl (C=O) groups excluding carboxylic acids is 1.